The number of rotatable bonds is 4. The highest BCUT2D eigenvalue weighted by molar-refractivity contribution is 4.98. The summed E-state index contributed by atoms with van der Waals surface area (Å²) in [6.45, 7) is 11.2. The van der Waals surface area contributed by atoms with Gasteiger partial charge in [-0.2, -0.15) is 0 Å². The van der Waals surface area contributed by atoms with Crippen LogP contribution in [0.3, 0.4) is 0 Å². The van der Waals surface area contributed by atoms with Crippen LogP contribution in [0, 0.1) is 11.3 Å². The van der Waals surface area contributed by atoms with Gasteiger partial charge in [0.15, 0.2) is 0 Å². The van der Waals surface area contributed by atoms with E-state index in [1.165, 1.54) is 18.5 Å². The van der Waals surface area contributed by atoms with E-state index in [1.807, 2.05) is 0 Å². The summed E-state index contributed by atoms with van der Waals surface area (Å²) in [4.78, 5) is 0. The third-order valence-corrected chi connectivity index (χ3v) is 2.76. The first kappa shape index (κ1) is 9.79. The molecule has 1 unspecified atom stereocenters. The summed E-state index contributed by atoms with van der Waals surface area (Å²) >= 11 is 0. The zero-order chi connectivity index (χ0) is 9.19. The zero-order valence-corrected chi connectivity index (χ0v) is 8.78. The lowest BCUT2D eigenvalue weighted by atomic mass is 10.1. The quantitative estimate of drug-likeness (QED) is 0.501. The minimum absolute atomic E-state index is 0.623. The minimum Gasteiger partial charge on any atom is -0.313 e. The predicted molar refractivity (Wildman–Crippen MR) is 54.2 cm³/mol. The van der Waals surface area contributed by atoms with Crippen LogP contribution in [0.15, 0.2) is 11.6 Å². The van der Waals surface area contributed by atoms with Crippen molar-refractivity contribution in [3.05, 3.63) is 11.6 Å². The molecule has 1 N–H and O–H groups in total. The Balaban J connectivity index is 2.02. The Bertz CT molecular complexity index is 175. The highest BCUT2D eigenvalue weighted by Crippen LogP contribution is 2.50. The molecule has 0 amide bonds. The molecule has 1 aliphatic carbocycles. The highest BCUT2D eigenvalue weighted by Gasteiger charge is 2.44. The third kappa shape index (κ3) is 2.98. The number of hydrogen-bond donors (Lipinski definition) is 1. The molecule has 1 saturated carbocycles. The molecule has 0 heterocycles. The van der Waals surface area contributed by atoms with Gasteiger partial charge in [-0.3, -0.25) is 0 Å². The Morgan fingerprint density at radius 2 is 2.08 bits per heavy atom. The number of hydrogen-bond acceptors (Lipinski definition) is 1. The van der Waals surface area contributed by atoms with E-state index >= 15 is 0 Å². The van der Waals surface area contributed by atoms with Crippen LogP contribution in [0.5, 0.6) is 0 Å². The highest BCUT2D eigenvalue weighted by atomic mass is 14.9. The first-order valence-electron chi connectivity index (χ1n) is 4.86. The molecule has 0 aromatic carbocycles. The van der Waals surface area contributed by atoms with Gasteiger partial charge in [0.25, 0.3) is 0 Å². The maximum atomic E-state index is 3.46. The first-order valence-corrected chi connectivity index (χ1v) is 4.86. The van der Waals surface area contributed by atoms with Gasteiger partial charge in [-0.1, -0.05) is 25.5 Å². The second-order valence-corrected chi connectivity index (χ2v) is 4.83. The number of allylic oxidation sites excluding steroid dienone is 1. The topological polar surface area (TPSA) is 12.0 Å². The second-order valence-electron chi connectivity index (χ2n) is 4.83. The van der Waals surface area contributed by atoms with Crippen LogP contribution in [0.1, 0.15) is 34.1 Å². The molecule has 0 radical (unpaired) electrons. The van der Waals surface area contributed by atoms with Gasteiger partial charge in [0, 0.05) is 6.54 Å². The maximum Gasteiger partial charge on any atom is 0.0137 e. The summed E-state index contributed by atoms with van der Waals surface area (Å²) in [5.74, 6) is 0.920. The van der Waals surface area contributed by atoms with Crippen molar-refractivity contribution in [2.75, 3.05) is 13.1 Å². The Kier molecular flexibility index (Phi) is 2.94. The average Bonchev–Trinajstić information content (AvgIpc) is 2.51. The molecule has 0 spiro atoms. The normalized spacial score (nSPS) is 25.2. The SMILES string of the molecule is CC(C)=CCNCC1CC1(C)C. The van der Waals surface area contributed by atoms with Crippen LogP contribution >= 0.6 is 0 Å². The first-order chi connectivity index (χ1) is 5.52. The molecular formula is C11H21N. The van der Waals surface area contributed by atoms with Crippen molar-refractivity contribution in [3.8, 4) is 0 Å². The molecule has 70 valence electrons. The summed E-state index contributed by atoms with van der Waals surface area (Å²) in [6, 6.07) is 0. The van der Waals surface area contributed by atoms with E-state index in [4.69, 9.17) is 0 Å². The summed E-state index contributed by atoms with van der Waals surface area (Å²) in [5.41, 5.74) is 2.02. The van der Waals surface area contributed by atoms with E-state index in [1.54, 1.807) is 0 Å². The van der Waals surface area contributed by atoms with E-state index < -0.39 is 0 Å². The molecule has 0 bridgehead atoms. The fourth-order valence-corrected chi connectivity index (χ4v) is 1.46. The van der Waals surface area contributed by atoms with Crippen molar-refractivity contribution in [1.29, 1.82) is 0 Å². The molecule has 1 heteroatoms. The lowest BCUT2D eigenvalue weighted by molar-refractivity contribution is 0.531. The summed E-state index contributed by atoms with van der Waals surface area (Å²) in [6.07, 6.45) is 3.64. The van der Waals surface area contributed by atoms with Crippen LogP contribution in [0.25, 0.3) is 0 Å². The molecule has 12 heavy (non-hydrogen) atoms. The predicted octanol–water partition coefficient (Wildman–Crippen LogP) is 2.59. The molecule has 0 aliphatic heterocycles. The summed E-state index contributed by atoms with van der Waals surface area (Å²) in [7, 11) is 0. The number of nitrogens with one attached hydrogen (secondary N) is 1. The largest absolute Gasteiger partial charge is 0.313 e. The molecule has 1 atom stereocenters. The van der Waals surface area contributed by atoms with Crippen LogP contribution in [0.2, 0.25) is 0 Å². The van der Waals surface area contributed by atoms with Crippen LogP contribution in [-0.2, 0) is 0 Å². The molecule has 0 saturated heterocycles. The maximum absolute atomic E-state index is 3.46. The van der Waals surface area contributed by atoms with Gasteiger partial charge >= 0.3 is 0 Å². The Labute approximate surface area is 76.2 Å². The Hall–Kier alpha value is -0.300. The van der Waals surface area contributed by atoms with Crippen LogP contribution in [-0.4, -0.2) is 13.1 Å². The summed E-state index contributed by atoms with van der Waals surface area (Å²) < 4.78 is 0. The van der Waals surface area contributed by atoms with Gasteiger partial charge in [-0.25, -0.2) is 0 Å². The fraction of sp³-hybridized carbons (Fsp3) is 0.818. The lowest BCUT2D eigenvalue weighted by Crippen LogP contribution is -2.18. The molecule has 0 aromatic rings. The van der Waals surface area contributed by atoms with E-state index in [0.29, 0.717) is 5.41 Å². The van der Waals surface area contributed by atoms with Gasteiger partial charge in [0.05, 0.1) is 0 Å². The van der Waals surface area contributed by atoms with E-state index in [9.17, 15) is 0 Å². The molecule has 0 aromatic heterocycles. The molecule has 1 rings (SSSR count). The van der Waals surface area contributed by atoms with Gasteiger partial charge in [-0.15, -0.1) is 0 Å². The van der Waals surface area contributed by atoms with E-state index in [2.05, 4.69) is 39.1 Å². The van der Waals surface area contributed by atoms with Crippen molar-refractivity contribution in [3.63, 3.8) is 0 Å². The monoisotopic (exact) mass is 167 g/mol. The zero-order valence-electron chi connectivity index (χ0n) is 8.78. The lowest BCUT2D eigenvalue weighted by Gasteiger charge is -2.03. The molecular weight excluding hydrogens is 146 g/mol. The standard InChI is InChI=1S/C11H21N/c1-9(2)5-6-12-8-10-7-11(10,3)4/h5,10,12H,6-8H2,1-4H3. The minimum atomic E-state index is 0.623. The van der Waals surface area contributed by atoms with Crippen molar-refractivity contribution in [2.24, 2.45) is 11.3 Å². The molecule has 1 fully saturated rings. The van der Waals surface area contributed by atoms with E-state index in [0.717, 1.165) is 12.5 Å². The van der Waals surface area contributed by atoms with Crippen molar-refractivity contribution >= 4 is 0 Å². The van der Waals surface area contributed by atoms with Gasteiger partial charge < -0.3 is 5.32 Å². The Morgan fingerprint density at radius 1 is 1.50 bits per heavy atom. The van der Waals surface area contributed by atoms with Gasteiger partial charge in [-0.05, 0) is 38.1 Å². The average molecular weight is 167 g/mol. The molecule has 1 nitrogen and oxygen atoms in total. The smallest absolute Gasteiger partial charge is 0.0137 e. The molecule has 1 aliphatic rings. The second kappa shape index (κ2) is 3.61. The van der Waals surface area contributed by atoms with Crippen LogP contribution < -0.4 is 5.32 Å². The van der Waals surface area contributed by atoms with Crippen molar-refractivity contribution in [2.45, 2.75) is 34.1 Å². The van der Waals surface area contributed by atoms with Gasteiger partial charge in [0.2, 0.25) is 0 Å². The van der Waals surface area contributed by atoms with Crippen molar-refractivity contribution in [1.82, 2.24) is 5.32 Å². The van der Waals surface area contributed by atoms with Crippen molar-refractivity contribution < 1.29 is 0 Å². The third-order valence-electron chi connectivity index (χ3n) is 2.76. The van der Waals surface area contributed by atoms with Crippen LogP contribution in [0.4, 0.5) is 0 Å². The van der Waals surface area contributed by atoms with E-state index in [-0.39, 0.29) is 0 Å². The van der Waals surface area contributed by atoms with Gasteiger partial charge in [0.1, 0.15) is 0 Å². The fourth-order valence-electron chi connectivity index (χ4n) is 1.46. The Morgan fingerprint density at radius 3 is 2.50 bits per heavy atom. The summed E-state index contributed by atoms with van der Waals surface area (Å²) in [5, 5.41) is 3.46.